The lowest BCUT2D eigenvalue weighted by molar-refractivity contribution is 0.590. The molecular formula is C17H18BrN3. The van der Waals surface area contributed by atoms with Crippen molar-refractivity contribution in [3.8, 4) is 0 Å². The zero-order chi connectivity index (χ0) is 14.8. The van der Waals surface area contributed by atoms with Crippen molar-refractivity contribution in [1.82, 2.24) is 9.55 Å². The van der Waals surface area contributed by atoms with E-state index >= 15 is 0 Å². The van der Waals surface area contributed by atoms with Gasteiger partial charge < -0.3 is 10.3 Å². The molecule has 0 aliphatic heterocycles. The van der Waals surface area contributed by atoms with E-state index in [1.54, 1.807) is 0 Å². The summed E-state index contributed by atoms with van der Waals surface area (Å²) in [6.45, 7) is 3.12. The molecule has 3 aromatic rings. The lowest BCUT2D eigenvalue weighted by atomic mass is 9.98. The van der Waals surface area contributed by atoms with Gasteiger partial charge in [0.15, 0.2) is 0 Å². The number of nitrogens with zero attached hydrogens (tertiary/aromatic N) is 2. The number of nitrogen functional groups attached to an aromatic ring is 1. The number of aromatic nitrogens is 2. The van der Waals surface area contributed by atoms with Gasteiger partial charge in [-0.1, -0.05) is 53.2 Å². The number of imidazole rings is 1. The van der Waals surface area contributed by atoms with Crippen molar-refractivity contribution >= 4 is 32.9 Å². The van der Waals surface area contributed by atoms with Crippen LogP contribution in [0.25, 0.3) is 11.0 Å². The summed E-state index contributed by atoms with van der Waals surface area (Å²) >= 11 is 3.51. The first kappa shape index (κ1) is 14.1. The molecule has 1 aromatic heterocycles. The lowest BCUT2D eigenvalue weighted by Crippen LogP contribution is -2.06. The molecule has 0 saturated heterocycles. The number of hydrogen-bond acceptors (Lipinski definition) is 2. The molecule has 4 heteroatoms. The minimum Gasteiger partial charge on any atom is -0.369 e. The fourth-order valence-electron chi connectivity index (χ4n) is 2.62. The van der Waals surface area contributed by atoms with Crippen molar-refractivity contribution < 1.29 is 0 Å². The summed E-state index contributed by atoms with van der Waals surface area (Å²) in [4.78, 5) is 4.42. The van der Waals surface area contributed by atoms with Gasteiger partial charge in [-0.25, -0.2) is 4.98 Å². The van der Waals surface area contributed by atoms with Crippen molar-refractivity contribution in [1.29, 1.82) is 0 Å². The van der Waals surface area contributed by atoms with Crippen LogP contribution in [-0.2, 0) is 6.54 Å². The van der Waals surface area contributed by atoms with Gasteiger partial charge in [0, 0.05) is 11.0 Å². The smallest absolute Gasteiger partial charge is 0.201 e. The van der Waals surface area contributed by atoms with Gasteiger partial charge in [-0.05, 0) is 36.1 Å². The normalized spacial score (nSPS) is 12.7. The van der Waals surface area contributed by atoms with Gasteiger partial charge in [0.05, 0.1) is 11.0 Å². The average Bonchev–Trinajstić information content (AvgIpc) is 2.80. The van der Waals surface area contributed by atoms with Crippen LogP contribution >= 0.6 is 15.9 Å². The third kappa shape index (κ3) is 2.95. The maximum absolute atomic E-state index is 6.06. The number of fused-ring (bicyclic) bond motifs is 1. The minimum absolute atomic E-state index is 0.496. The topological polar surface area (TPSA) is 43.8 Å². The summed E-state index contributed by atoms with van der Waals surface area (Å²) in [6.07, 6.45) is 1.03. The molecule has 1 atom stereocenters. The Hall–Kier alpha value is -1.81. The summed E-state index contributed by atoms with van der Waals surface area (Å²) in [5.41, 5.74) is 9.46. The lowest BCUT2D eigenvalue weighted by Gasteiger charge is -2.13. The first-order chi connectivity index (χ1) is 10.1. The highest BCUT2D eigenvalue weighted by atomic mass is 79.9. The summed E-state index contributed by atoms with van der Waals surface area (Å²) in [5, 5.41) is 0. The highest BCUT2D eigenvalue weighted by Gasteiger charge is 2.11. The van der Waals surface area contributed by atoms with E-state index in [2.05, 4.69) is 68.8 Å². The Balaban J connectivity index is 1.82. The SMILES string of the molecule is CC(CCn1c(N)nc2ccc(Br)cc21)c1ccccc1. The number of anilines is 1. The van der Waals surface area contributed by atoms with Gasteiger partial charge in [-0.15, -0.1) is 0 Å². The number of nitrogens with two attached hydrogens (primary N) is 1. The molecule has 0 bridgehead atoms. The molecule has 2 N–H and O–H groups in total. The molecule has 0 aliphatic carbocycles. The maximum atomic E-state index is 6.06. The third-order valence-corrected chi connectivity index (χ3v) is 4.39. The van der Waals surface area contributed by atoms with E-state index in [1.165, 1.54) is 5.56 Å². The van der Waals surface area contributed by atoms with Crippen LogP contribution in [0.4, 0.5) is 5.95 Å². The molecule has 2 aromatic carbocycles. The minimum atomic E-state index is 0.496. The van der Waals surface area contributed by atoms with E-state index in [-0.39, 0.29) is 0 Å². The van der Waals surface area contributed by atoms with Crippen molar-refractivity contribution in [3.63, 3.8) is 0 Å². The van der Waals surface area contributed by atoms with Crippen LogP contribution in [0.1, 0.15) is 24.8 Å². The highest BCUT2D eigenvalue weighted by molar-refractivity contribution is 9.10. The zero-order valence-electron chi connectivity index (χ0n) is 12.0. The number of rotatable bonds is 4. The Morgan fingerprint density at radius 2 is 1.95 bits per heavy atom. The Morgan fingerprint density at radius 1 is 1.19 bits per heavy atom. The first-order valence-electron chi connectivity index (χ1n) is 7.11. The van der Waals surface area contributed by atoms with Crippen LogP contribution in [0.5, 0.6) is 0 Å². The number of hydrogen-bond donors (Lipinski definition) is 1. The summed E-state index contributed by atoms with van der Waals surface area (Å²) in [7, 11) is 0. The molecule has 0 spiro atoms. The fourth-order valence-corrected chi connectivity index (χ4v) is 2.97. The van der Waals surface area contributed by atoms with Crippen LogP contribution in [0.2, 0.25) is 0 Å². The van der Waals surface area contributed by atoms with Crippen molar-refractivity contribution in [2.24, 2.45) is 0 Å². The first-order valence-corrected chi connectivity index (χ1v) is 7.90. The molecule has 0 amide bonds. The van der Waals surface area contributed by atoms with E-state index in [9.17, 15) is 0 Å². The number of halogens is 1. The number of aryl methyl sites for hydroxylation is 1. The molecule has 1 heterocycles. The van der Waals surface area contributed by atoms with E-state index in [4.69, 9.17) is 5.73 Å². The average molecular weight is 344 g/mol. The molecule has 3 rings (SSSR count). The molecule has 3 nitrogen and oxygen atoms in total. The van der Waals surface area contributed by atoms with Crippen molar-refractivity contribution in [2.45, 2.75) is 25.8 Å². The third-order valence-electron chi connectivity index (χ3n) is 3.89. The predicted molar refractivity (Wildman–Crippen MR) is 91.3 cm³/mol. The van der Waals surface area contributed by atoms with Gasteiger partial charge in [0.25, 0.3) is 0 Å². The second kappa shape index (κ2) is 5.90. The Labute approximate surface area is 132 Å². The van der Waals surface area contributed by atoms with Crippen LogP contribution in [0, 0.1) is 0 Å². The highest BCUT2D eigenvalue weighted by Crippen LogP contribution is 2.25. The predicted octanol–water partition coefficient (Wildman–Crippen LogP) is 4.57. The molecule has 1 unspecified atom stereocenters. The van der Waals surface area contributed by atoms with Gasteiger partial charge in [0.1, 0.15) is 0 Å². The Morgan fingerprint density at radius 3 is 2.71 bits per heavy atom. The van der Waals surface area contributed by atoms with Crippen LogP contribution in [0.3, 0.4) is 0 Å². The van der Waals surface area contributed by atoms with Gasteiger partial charge >= 0.3 is 0 Å². The maximum Gasteiger partial charge on any atom is 0.201 e. The van der Waals surface area contributed by atoms with E-state index in [0.717, 1.165) is 28.5 Å². The van der Waals surface area contributed by atoms with E-state index in [0.29, 0.717) is 11.9 Å². The summed E-state index contributed by atoms with van der Waals surface area (Å²) in [6, 6.07) is 16.6. The fraction of sp³-hybridized carbons (Fsp3) is 0.235. The molecule has 0 aliphatic rings. The van der Waals surface area contributed by atoms with Crippen molar-refractivity contribution in [3.05, 3.63) is 58.6 Å². The number of benzene rings is 2. The Kier molecular flexibility index (Phi) is 3.97. The molecule has 21 heavy (non-hydrogen) atoms. The molecular weight excluding hydrogens is 326 g/mol. The molecule has 0 fully saturated rings. The molecule has 0 radical (unpaired) electrons. The summed E-state index contributed by atoms with van der Waals surface area (Å²) in [5.74, 6) is 1.08. The van der Waals surface area contributed by atoms with Gasteiger partial charge in [-0.2, -0.15) is 0 Å². The van der Waals surface area contributed by atoms with Crippen LogP contribution < -0.4 is 5.73 Å². The zero-order valence-corrected chi connectivity index (χ0v) is 13.5. The quantitative estimate of drug-likeness (QED) is 0.753. The molecule has 108 valence electrons. The van der Waals surface area contributed by atoms with E-state index in [1.807, 2.05) is 12.1 Å². The molecule has 0 saturated carbocycles. The monoisotopic (exact) mass is 343 g/mol. The van der Waals surface area contributed by atoms with Gasteiger partial charge in [0.2, 0.25) is 5.95 Å². The van der Waals surface area contributed by atoms with Crippen LogP contribution in [0.15, 0.2) is 53.0 Å². The van der Waals surface area contributed by atoms with Crippen molar-refractivity contribution in [2.75, 3.05) is 5.73 Å². The summed E-state index contributed by atoms with van der Waals surface area (Å²) < 4.78 is 3.15. The second-order valence-corrected chi connectivity index (χ2v) is 6.27. The largest absolute Gasteiger partial charge is 0.369 e. The van der Waals surface area contributed by atoms with Gasteiger partial charge in [-0.3, -0.25) is 0 Å². The Bertz CT molecular complexity index is 749. The van der Waals surface area contributed by atoms with Crippen LogP contribution in [-0.4, -0.2) is 9.55 Å². The second-order valence-electron chi connectivity index (χ2n) is 5.36. The standard InChI is InChI=1S/C17H18BrN3/c1-12(13-5-3-2-4-6-13)9-10-21-16-11-14(18)7-8-15(16)20-17(21)19/h2-8,11-12H,9-10H2,1H3,(H2,19,20). The van der Waals surface area contributed by atoms with E-state index < -0.39 is 0 Å².